The van der Waals surface area contributed by atoms with Gasteiger partial charge >= 0.3 is 18.4 Å². The molecule has 1 atom stereocenters. The van der Waals surface area contributed by atoms with Crippen LogP contribution in [0.15, 0.2) is 48.5 Å². The molecule has 2 aromatic rings. The quantitative estimate of drug-likeness (QED) is 0.349. The summed E-state index contributed by atoms with van der Waals surface area (Å²) in [7, 11) is 0. The van der Waals surface area contributed by atoms with Crippen molar-refractivity contribution in [2.45, 2.75) is 51.4 Å². The first-order valence-electron chi connectivity index (χ1n) is 12.0. The monoisotopic (exact) mass is 521 g/mol. The van der Waals surface area contributed by atoms with E-state index in [1.54, 1.807) is 24.3 Å². The number of ether oxygens (including phenoxy) is 1. The van der Waals surface area contributed by atoms with Crippen LogP contribution in [-0.4, -0.2) is 35.9 Å². The Morgan fingerprint density at radius 3 is 2.19 bits per heavy atom. The lowest BCUT2D eigenvalue weighted by Crippen LogP contribution is -2.37. The number of rotatable bonds is 9. The van der Waals surface area contributed by atoms with E-state index in [0.29, 0.717) is 17.2 Å². The van der Waals surface area contributed by atoms with Gasteiger partial charge in [-0.25, -0.2) is 4.79 Å². The van der Waals surface area contributed by atoms with Crippen molar-refractivity contribution < 1.29 is 37.4 Å². The summed E-state index contributed by atoms with van der Waals surface area (Å²) in [5, 5.41) is 16.9. The third kappa shape index (κ3) is 9.00. The predicted octanol–water partition coefficient (Wildman–Crippen LogP) is 5.48. The molecular formula is C26H30F3N3O5. The molecule has 1 unspecified atom stereocenters. The first-order chi connectivity index (χ1) is 17.5. The van der Waals surface area contributed by atoms with Crippen LogP contribution in [0.4, 0.5) is 23.7 Å². The number of carbonyl (C=O) groups excluding carboxylic acids is 2. The fourth-order valence-electron chi connectivity index (χ4n) is 4.37. The Balaban J connectivity index is 1.68. The molecule has 8 nitrogen and oxygen atoms in total. The van der Waals surface area contributed by atoms with Crippen molar-refractivity contribution in [1.29, 1.82) is 0 Å². The highest BCUT2D eigenvalue weighted by atomic mass is 19.4. The summed E-state index contributed by atoms with van der Waals surface area (Å²) in [6, 6.07) is 10.8. The zero-order chi connectivity index (χ0) is 27.0. The van der Waals surface area contributed by atoms with Gasteiger partial charge in [0, 0.05) is 17.8 Å². The van der Waals surface area contributed by atoms with E-state index in [-0.39, 0.29) is 36.6 Å². The Hall–Kier alpha value is -3.76. The Bertz CT molecular complexity index is 1070. The van der Waals surface area contributed by atoms with Gasteiger partial charge in [0.15, 0.2) is 0 Å². The zero-order valence-corrected chi connectivity index (χ0v) is 20.3. The van der Waals surface area contributed by atoms with Gasteiger partial charge in [0.2, 0.25) is 0 Å². The topological polar surface area (TPSA) is 117 Å². The third-order valence-electron chi connectivity index (χ3n) is 6.32. The van der Waals surface area contributed by atoms with Crippen molar-refractivity contribution in [3.63, 3.8) is 0 Å². The normalized spacial score (nSPS) is 18.4. The van der Waals surface area contributed by atoms with E-state index < -0.39 is 18.4 Å². The van der Waals surface area contributed by atoms with Crippen molar-refractivity contribution in [3.8, 4) is 5.75 Å². The molecule has 0 bridgehead atoms. The second-order valence-corrected chi connectivity index (χ2v) is 9.19. The average Bonchev–Trinajstić information content (AvgIpc) is 2.83. The van der Waals surface area contributed by atoms with E-state index in [0.717, 1.165) is 43.4 Å². The van der Waals surface area contributed by atoms with Crippen LogP contribution in [0.2, 0.25) is 0 Å². The molecule has 2 aromatic carbocycles. The van der Waals surface area contributed by atoms with Crippen LogP contribution in [0.3, 0.4) is 0 Å². The molecule has 0 spiro atoms. The standard InChI is InChI=1S/C26H30F3N3O5/c1-16-2-4-17(5-3-16)23(18-6-8-19(9-7-18)24(35)30-15-14-22(33)34)32-25(36)31-20-10-12-21(13-11-20)37-26(27,28)29/h6-13,16-17,23H,2-5,14-15H2,1H3,(H,30,35)(H,33,34)(H2,31,32,36). The van der Waals surface area contributed by atoms with Gasteiger partial charge in [-0.15, -0.1) is 13.2 Å². The summed E-state index contributed by atoms with van der Waals surface area (Å²) in [5.74, 6) is -1.02. The summed E-state index contributed by atoms with van der Waals surface area (Å²) in [4.78, 5) is 35.7. The van der Waals surface area contributed by atoms with Crippen LogP contribution in [0.25, 0.3) is 0 Å². The number of amides is 3. The molecule has 0 heterocycles. The summed E-state index contributed by atoms with van der Waals surface area (Å²) in [6.07, 6.45) is -1.11. The lowest BCUT2D eigenvalue weighted by atomic mass is 9.77. The summed E-state index contributed by atoms with van der Waals surface area (Å²) >= 11 is 0. The number of carboxylic acids is 1. The van der Waals surface area contributed by atoms with Gasteiger partial charge in [0.1, 0.15) is 5.75 Å². The van der Waals surface area contributed by atoms with Gasteiger partial charge in [0.05, 0.1) is 12.5 Å². The Kier molecular flexibility index (Phi) is 9.37. The lowest BCUT2D eigenvalue weighted by molar-refractivity contribution is -0.274. The van der Waals surface area contributed by atoms with Crippen LogP contribution in [0, 0.1) is 11.8 Å². The first-order valence-corrected chi connectivity index (χ1v) is 12.0. The molecule has 0 aromatic heterocycles. The smallest absolute Gasteiger partial charge is 0.481 e. The molecule has 0 radical (unpaired) electrons. The van der Waals surface area contributed by atoms with Crippen LogP contribution < -0.4 is 20.7 Å². The minimum Gasteiger partial charge on any atom is -0.481 e. The summed E-state index contributed by atoms with van der Waals surface area (Å²) < 4.78 is 40.9. The fourth-order valence-corrected chi connectivity index (χ4v) is 4.37. The van der Waals surface area contributed by atoms with Crippen LogP contribution in [0.1, 0.15) is 61.0 Å². The van der Waals surface area contributed by atoms with Crippen LogP contribution in [-0.2, 0) is 4.79 Å². The molecule has 1 fully saturated rings. The highest BCUT2D eigenvalue weighted by molar-refractivity contribution is 5.94. The molecule has 3 amide bonds. The van der Waals surface area contributed by atoms with Crippen molar-refractivity contribution >= 4 is 23.6 Å². The number of benzene rings is 2. The number of anilines is 1. The first kappa shape index (κ1) is 27.8. The zero-order valence-electron chi connectivity index (χ0n) is 20.3. The van der Waals surface area contributed by atoms with E-state index in [1.165, 1.54) is 12.1 Å². The Labute approximate surface area is 212 Å². The minimum atomic E-state index is -4.80. The van der Waals surface area contributed by atoms with Gasteiger partial charge < -0.3 is 25.8 Å². The fraction of sp³-hybridized carbons (Fsp3) is 0.423. The Morgan fingerprint density at radius 2 is 1.62 bits per heavy atom. The van der Waals surface area contributed by atoms with Gasteiger partial charge in [-0.2, -0.15) is 0 Å². The van der Waals surface area contributed by atoms with Gasteiger partial charge in [0.25, 0.3) is 5.91 Å². The van der Waals surface area contributed by atoms with Crippen LogP contribution >= 0.6 is 0 Å². The number of hydrogen-bond donors (Lipinski definition) is 4. The second-order valence-electron chi connectivity index (χ2n) is 9.19. The van der Waals surface area contributed by atoms with E-state index in [1.807, 2.05) is 0 Å². The highest BCUT2D eigenvalue weighted by Gasteiger charge is 2.31. The number of aliphatic carboxylic acids is 1. The number of hydrogen-bond acceptors (Lipinski definition) is 4. The van der Waals surface area contributed by atoms with Crippen molar-refractivity contribution in [1.82, 2.24) is 10.6 Å². The van der Waals surface area contributed by atoms with Crippen LogP contribution in [0.5, 0.6) is 5.75 Å². The molecule has 1 aliphatic rings. The number of alkyl halides is 3. The maximum atomic E-state index is 12.8. The largest absolute Gasteiger partial charge is 0.573 e. The highest BCUT2D eigenvalue weighted by Crippen LogP contribution is 2.37. The SMILES string of the molecule is CC1CCC(C(NC(=O)Nc2ccc(OC(F)(F)F)cc2)c2ccc(C(=O)NCCC(=O)O)cc2)CC1. The Morgan fingerprint density at radius 1 is 1.00 bits per heavy atom. The lowest BCUT2D eigenvalue weighted by Gasteiger charge is -2.33. The van der Waals surface area contributed by atoms with E-state index in [4.69, 9.17) is 5.11 Å². The molecule has 4 N–H and O–H groups in total. The minimum absolute atomic E-state index is 0.0177. The molecule has 200 valence electrons. The van der Waals surface area contributed by atoms with Crippen molar-refractivity contribution in [2.75, 3.05) is 11.9 Å². The van der Waals surface area contributed by atoms with Crippen molar-refractivity contribution in [2.24, 2.45) is 11.8 Å². The predicted molar refractivity (Wildman–Crippen MR) is 130 cm³/mol. The number of nitrogens with one attached hydrogen (secondary N) is 3. The van der Waals surface area contributed by atoms with Gasteiger partial charge in [-0.1, -0.05) is 31.9 Å². The maximum absolute atomic E-state index is 12.8. The van der Waals surface area contributed by atoms with E-state index >= 15 is 0 Å². The van der Waals surface area contributed by atoms with Crippen molar-refractivity contribution in [3.05, 3.63) is 59.7 Å². The molecule has 1 saturated carbocycles. The molecule has 0 aliphatic heterocycles. The molecule has 11 heteroatoms. The number of urea groups is 1. The molecule has 3 rings (SSSR count). The van der Waals surface area contributed by atoms with E-state index in [2.05, 4.69) is 27.6 Å². The molecule has 37 heavy (non-hydrogen) atoms. The van der Waals surface area contributed by atoms with Gasteiger partial charge in [-0.05, 0) is 66.6 Å². The maximum Gasteiger partial charge on any atom is 0.573 e. The molecule has 0 saturated heterocycles. The molecule has 1 aliphatic carbocycles. The summed E-state index contributed by atoms with van der Waals surface area (Å²) in [6.45, 7) is 2.21. The van der Waals surface area contributed by atoms with E-state index in [9.17, 15) is 27.6 Å². The third-order valence-corrected chi connectivity index (χ3v) is 6.32. The molecular weight excluding hydrogens is 491 g/mol. The number of carbonyl (C=O) groups is 3. The van der Waals surface area contributed by atoms with Gasteiger partial charge in [-0.3, -0.25) is 9.59 Å². The number of carboxylic acid groups (broad SMARTS) is 1. The number of halogens is 3. The summed E-state index contributed by atoms with van der Waals surface area (Å²) in [5.41, 5.74) is 1.48. The average molecular weight is 522 g/mol. The second kappa shape index (κ2) is 12.5.